The van der Waals surface area contributed by atoms with Crippen LogP contribution in [-0.2, 0) is 11.3 Å². The van der Waals surface area contributed by atoms with Crippen LogP contribution >= 0.6 is 0 Å². The van der Waals surface area contributed by atoms with E-state index in [2.05, 4.69) is 20.8 Å². The fraction of sp³-hybridized carbons (Fsp3) is 0.500. The molecule has 1 atom stereocenters. The Labute approximate surface area is 163 Å². The first-order valence-corrected chi connectivity index (χ1v) is 9.92. The first kappa shape index (κ1) is 18.5. The van der Waals surface area contributed by atoms with Gasteiger partial charge in [-0.2, -0.15) is 0 Å². The van der Waals surface area contributed by atoms with Crippen molar-refractivity contribution in [3.05, 3.63) is 42.0 Å². The van der Waals surface area contributed by atoms with Crippen molar-refractivity contribution in [3.8, 4) is 0 Å². The maximum Gasteiger partial charge on any atom is 0.272 e. The first-order chi connectivity index (χ1) is 13.7. The number of anilines is 1. The van der Waals surface area contributed by atoms with E-state index in [9.17, 15) is 9.59 Å². The Balaban J connectivity index is 1.36. The minimum atomic E-state index is -0.289. The molecule has 3 heterocycles. The Morgan fingerprint density at radius 1 is 1.11 bits per heavy atom. The van der Waals surface area contributed by atoms with Crippen LogP contribution in [-0.4, -0.2) is 40.6 Å². The van der Waals surface area contributed by atoms with E-state index >= 15 is 0 Å². The molecule has 2 aromatic heterocycles. The standard InChI is InChI=1S/C20H25N5O3/c26-19(22-14-5-1-2-6-14)16-9-10-18(24-23-16)25-11-3-8-17(25)20(27)21-13-15-7-4-12-28-15/h4,7,9-10,12,14,17H,1-3,5-6,8,11,13H2,(H,21,27)(H,22,26)/t17-/m0/s1. The van der Waals surface area contributed by atoms with Gasteiger partial charge in [0, 0.05) is 12.6 Å². The fourth-order valence-electron chi connectivity index (χ4n) is 3.95. The van der Waals surface area contributed by atoms with Crippen molar-refractivity contribution in [3.63, 3.8) is 0 Å². The Bertz CT molecular complexity index is 800. The summed E-state index contributed by atoms with van der Waals surface area (Å²) in [6.07, 6.45) is 7.63. The molecule has 2 aromatic rings. The summed E-state index contributed by atoms with van der Waals surface area (Å²) >= 11 is 0. The number of carbonyl (C=O) groups is 2. The van der Waals surface area contributed by atoms with Gasteiger partial charge in [0.25, 0.3) is 5.91 Å². The molecule has 0 aromatic carbocycles. The van der Waals surface area contributed by atoms with E-state index in [1.165, 1.54) is 0 Å². The molecular formula is C20H25N5O3. The molecule has 1 saturated carbocycles. The number of amides is 2. The second kappa shape index (κ2) is 8.41. The lowest BCUT2D eigenvalue weighted by Gasteiger charge is -2.24. The van der Waals surface area contributed by atoms with Crippen LogP contribution in [0.5, 0.6) is 0 Å². The molecule has 0 bridgehead atoms. The molecular weight excluding hydrogens is 358 g/mol. The molecule has 2 fully saturated rings. The van der Waals surface area contributed by atoms with E-state index in [4.69, 9.17) is 4.42 Å². The molecule has 4 rings (SSSR count). The normalized spacial score (nSPS) is 19.7. The lowest BCUT2D eigenvalue weighted by molar-refractivity contribution is -0.122. The van der Waals surface area contributed by atoms with E-state index in [1.807, 2.05) is 11.0 Å². The van der Waals surface area contributed by atoms with Gasteiger partial charge in [-0.05, 0) is 49.9 Å². The van der Waals surface area contributed by atoms with Crippen LogP contribution in [0.1, 0.15) is 54.8 Å². The Morgan fingerprint density at radius 3 is 2.68 bits per heavy atom. The fourth-order valence-corrected chi connectivity index (χ4v) is 3.95. The Kier molecular flexibility index (Phi) is 5.55. The summed E-state index contributed by atoms with van der Waals surface area (Å²) in [5, 5.41) is 14.2. The maximum atomic E-state index is 12.6. The van der Waals surface area contributed by atoms with Crippen molar-refractivity contribution >= 4 is 17.6 Å². The molecule has 1 aliphatic carbocycles. The summed E-state index contributed by atoms with van der Waals surface area (Å²) in [5.74, 6) is 1.10. The predicted molar refractivity (Wildman–Crippen MR) is 103 cm³/mol. The summed E-state index contributed by atoms with van der Waals surface area (Å²) in [7, 11) is 0. The quantitative estimate of drug-likeness (QED) is 0.792. The summed E-state index contributed by atoms with van der Waals surface area (Å²) in [6.45, 7) is 1.10. The van der Waals surface area contributed by atoms with Gasteiger partial charge in [0.05, 0.1) is 12.8 Å². The molecule has 8 heteroatoms. The number of furan rings is 1. The molecule has 8 nitrogen and oxygen atoms in total. The van der Waals surface area contributed by atoms with Gasteiger partial charge in [-0.3, -0.25) is 9.59 Å². The monoisotopic (exact) mass is 383 g/mol. The second-order valence-corrected chi connectivity index (χ2v) is 7.38. The minimum Gasteiger partial charge on any atom is -0.467 e. The van der Waals surface area contributed by atoms with Gasteiger partial charge in [0.15, 0.2) is 11.5 Å². The molecule has 1 saturated heterocycles. The van der Waals surface area contributed by atoms with Gasteiger partial charge in [0.2, 0.25) is 5.91 Å². The van der Waals surface area contributed by atoms with Crippen LogP contribution in [0.4, 0.5) is 5.82 Å². The van der Waals surface area contributed by atoms with Crippen LogP contribution in [0.2, 0.25) is 0 Å². The average molecular weight is 383 g/mol. The van der Waals surface area contributed by atoms with Crippen molar-refractivity contribution in [2.24, 2.45) is 0 Å². The number of nitrogens with one attached hydrogen (secondary N) is 2. The zero-order chi connectivity index (χ0) is 19.3. The van der Waals surface area contributed by atoms with Crippen LogP contribution in [0.3, 0.4) is 0 Å². The lowest BCUT2D eigenvalue weighted by Crippen LogP contribution is -2.43. The minimum absolute atomic E-state index is 0.0567. The van der Waals surface area contributed by atoms with Crippen LogP contribution in [0.25, 0.3) is 0 Å². The third kappa shape index (κ3) is 4.16. The van der Waals surface area contributed by atoms with E-state index < -0.39 is 0 Å². The van der Waals surface area contributed by atoms with Crippen LogP contribution in [0.15, 0.2) is 34.9 Å². The van der Waals surface area contributed by atoms with E-state index in [0.717, 1.165) is 50.8 Å². The summed E-state index contributed by atoms with van der Waals surface area (Å²) in [4.78, 5) is 26.8. The molecule has 2 aliphatic rings. The van der Waals surface area contributed by atoms with Crippen molar-refractivity contribution in [1.29, 1.82) is 0 Å². The average Bonchev–Trinajstić information content (AvgIpc) is 3.48. The number of aromatic nitrogens is 2. The smallest absolute Gasteiger partial charge is 0.272 e. The zero-order valence-corrected chi connectivity index (χ0v) is 15.8. The molecule has 2 N–H and O–H groups in total. The zero-order valence-electron chi connectivity index (χ0n) is 15.8. The van der Waals surface area contributed by atoms with E-state index in [0.29, 0.717) is 18.1 Å². The van der Waals surface area contributed by atoms with Gasteiger partial charge >= 0.3 is 0 Å². The van der Waals surface area contributed by atoms with Crippen molar-refractivity contribution in [2.45, 2.75) is 57.2 Å². The van der Waals surface area contributed by atoms with Crippen molar-refractivity contribution < 1.29 is 14.0 Å². The third-order valence-corrected chi connectivity index (χ3v) is 5.44. The third-order valence-electron chi connectivity index (χ3n) is 5.44. The molecule has 28 heavy (non-hydrogen) atoms. The number of hydrogen-bond acceptors (Lipinski definition) is 6. The van der Waals surface area contributed by atoms with Crippen LogP contribution in [0, 0.1) is 0 Å². The maximum absolute atomic E-state index is 12.6. The summed E-state index contributed by atoms with van der Waals surface area (Å²) in [6, 6.07) is 7.03. The predicted octanol–water partition coefficient (Wildman–Crippen LogP) is 2.03. The van der Waals surface area contributed by atoms with Gasteiger partial charge in [-0.25, -0.2) is 0 Å². The second-order valence-electron chi connectivity index (χ2n) is 7.38. The lowest BCUT2D eigenvalue weighted by atomic mass is 10.2. The largest absolute Gasteiger partial charge is 0.467 e. The number of rotatable bonds is 6. The number of nitrogens with zero attached hydrogens (tertiary/aromatic N) is 3. The van der Waals surface area contributed by atoms with Gasteiger partial charge in [0.1, 0.15) is 11.8 Å². The molecule has 1 aliphatic heterocycles. The molecule has 0 unspecified atom stereocenters. The van der Waals surface area contributed by atoms with Crippen molar-refractivity contribution in [1.82, 2.24) is 20.8 Å². The van der Waals surface area contributed by atoms with Crippen LogP contribution < -0.4 is 15.5 Å². The highest BCUT2D eigenvalue weighted by atomic mass is 16.3. The van der Waals surface area contributed by atoms with Gasteiger partial charge < -0.3 is 20.0 Å². The first-order valence-electron chi connectivity index (χ1n) is 9.92. The highest BCUT2D eigenvalue weighted by Gasteiger charge is 2.32. The SMILES string of the molecule is O=C(NC1CCCC1)c1ccc(N2CCC[C@H]2C(=O)NCc2ccco2)nn1. The number of carbonyl (C=O) groups excluding carboxylic acids is 2. The summed E-state index contributed by atoms with van der Waals surface area (Å²) < 4.78 is 5.25. The van der Waals surface area contributed by atoms with Gasteiger partial charge in [-0.1, -0.05) is 12.8 Å². The Hall–Kier alpha value is -2.90. The molecule has 0 spiro atoms. The molecule has 0 radical (unpaired) electrons. The number of hydrogen-bond donors (Lipinski definition) is 2. The summed E-state index contributed by atoms with van der Waals surface area (Å²) in [5.41, 5.74) is 0.314. The topological polar surface area (TPSA) is 100 Å². The van der Waals surface area contributed by atoms with E-state index in [1.54, 1.807) is 24.5 Å². The highest BCUT2D eigenvalue weighted by molar-refractivity contribution is 5.92. The van der Waals surface area contributed by atoms with E-state index in [-0.39, 0.29) is 23.9 Å². The van der Waals surface area contributed by atoms with Gasteiger partial charge in [-0.15, -0.1) is 10.2 Å². The molecule has 148 valence electrons. The molecule has 2 amide bonds. The Morgan fingerprint density at radius 2 is 1.96 bits per heavy atom. The van der Waals surface area contributed by atoms with Crippen molar-refractivity contribution in [2.75, 3.05) is 11.4 Å². The highest BCUT2D eigenvalue weighted by Crippen LogP contribution is 2.24.